The molecular formula is C31H41N3O7. The number of hydrogen-bond donors (Lipinski definition) is 3. The maximum Gasteiger partial charge on any atom is 0.329 e. The van der Waals surface area contributed by atoms with Crippen LogP contribution < -0.4 is 5.73 Å². The smallest absolute Gasteiger partial charge is 0.329 e. The van der Waals surface area contributed by atoms with Gasteiger partial charge in [0, 0.05) is 12.0 Å². The van der Waals surface area contributed by atoms with Crippen molar-refractivity contribution < 1.29 is 34.1 Å². The zero-order valence-electron chi connectivity index (χ0n) is 24.3. The Balaban J connectivity index is 0.000000243. The number of nitrogens with two attached hydrogens (primary N) is 1. The first-order valence-corrected chi connectivity index (χ1v) is 14.1. The summed E-state index contributed by atoms with van der Waals surface area (Å²) in [6.07, 6.45) is 5.11. The van der Waals surface area contributed by atoms with E-state index in [1.54, 1.807) is 4.90 Å². The predicted molar refractivity (Wildman–Crippen MR) is 156 cm³/mol. The van der Waals surface area contributed by atoms with Gasteiger partial charge in [-0.15, -0.1) is 0 Å². The summed E-state index contributed by atoms with van der Waals surface area (Å²) in [5, 5.41) is 16.0. The predicted octanol–water partition coefficient (Wildman–Crippen LogP) is 3.77. The molecule has 0 spiro atoms. The van der Waals surface area contributed by atoms with Crippen molar-refractivity contribution in [2.45, 2.75) is 53.1 Å². The Kier molecular flexibility index (Phi) is 11.6. The number of fused-ring (bicyclic) bond motifs is 4. The van der Waals surface area contributed by atoms with E-state index in [4.69, 9.17) is 35.2 Å². The third-order valence-corrected chi connectivity index (χ3v) is 7.05. The number of hydrogen-bond acceptors (Lipinski definition) is 8. The number of pyridine rings is 1. The SMILES string of the molecule is CC(C)CCOC(C)CCN.CC[C@H]1C(=O)OCC2=C1C=C1c3nc4ccccc4cc3C(=O)N1C2.O=C(O)CO. The number of nitrogens with zero attached hydrogens (tertiary/aromatic N) is 2. The highest BCUT2D eigenvalue weighted by Crippen LogP contribution is 2.41. The van der Waals surface area contributed by atoms with Crippen molar-refractivity contribution in [3.63, 3.8) is 0 Å². The second-order valence-corrected chi connectivity index (χ2v) is 10.6. The molecule has 0 saturated carbocycles. The molecule has 41 heavy (non-hydrogen) atoms. The molecule has 0 bridgehead atoms. The summed E-state index contributed by atoms with van der Waals surface area (Å²) in [7, 11) is 0. The van der Waals surface area contributed by atoms with Crippen LogP contribution in [0.2, 0.25) is 0 Å². The lowest BCUT2D eigenvalue weighted by atomic mass is 9.87. The summed E-state index contributed by atoms with van der Waals surface area (Å²) in [4.78, 5) is 40.6. The molecule has 4 heterocycles. The molecule has 1 aromatic carbocycles. The first-order chi connectivity index (χ1) is 19.6. The Hall–Kier alpha value is -3.60. The molecule has 5 rings (SSSR count). The van der Waals surface area contributed by atoms with Gasteiger partial charge in [0.2, 0.25) is 0 Å². The van der Waals surface area contributed by atoms with E-state index in [1.807, 2.05) is 43.3 Å². The highest BCUT2D eigenvalue weighted by atomic mass is 16.5. The van der Waals surface area contributed by atoms with Gasteiger partial charge in [0.15, 0.2) is 0 Å². The molecule has 2 atom stereocenters. The maximum absolute atomic E-state index is 12.9. The minimum Gasteiger partial charge on any atom is -0.480 e. The number of allylic oxidation sites excluding steroid dienone is 1. The minimum absolute atomic E-state index is 0.0315. The first kappa shape index (κ1) is 31.9. The van der Waals surface area contributed by atoms with Gasteiger partial charge in [-0.1, -0.05) is 39.0 Å². The number of benzene rings is 1. The topological polar surface area (TPSA) is 152 Å². The number of carbonyl (C=O) groups is 3. The molecule has 10 heteroatoms. The number of carboxylic acids is 1. The van der Waals surface area contributed by atoms with E-state index in [0.717, 1.165) is 59.7 Å². The number of ether oxygens (including phenoxy) is 2. The van der Waals surface area contributed by atoms with E-state index in [9.17, 15) is 9.59 Å². The number of aliphatic hydroxyl groups is 1. The second-order valence-electron chi connectivity index (χ2n) is 10.6. The van der Waals surface area contributed by atoms with E-state index >= 15 is 0 Å². The standard InChI is InChI=1S/C20H16N2O3.C9H21NO.C2H4O3/c1-2-13-14-8-17-18-15(7-11-5-3-4-6-16(11)21-18)19(23)22(17)9-12(14)10-25-20(13)24;1-8(2)5-7-11-9(3)4-6-10;3-1-2(4)5/h3-8,13H,2,9-10H2,1H3;8-9H,4-7,10H2,1-3H3;3H,1H2,(H,4,5)/t13-;;/m1../s1. The number of amides is 1. The van der Waals surface area contributed by atoms with Gasteiger partial charge in [0.25, 0.3) is 5.91 Å². The molecule has 222 valence electrons. The molecule has 0 aliphatic carbocycles. The van der Waals surface area contributed by atoms with Crippen molar-refractivity contribution >= 4 is 34.4 Å². The van der Waals surface area contributed by atoms with Gasteiger partial charge >= 0.3 is 11.9 Å². The van der Waals surface area contributed by atoms with Gasteiger partial charge in [-0.2, -0.15) is 0 Å². The van der Waals surface area contributed by atoms with Crippen LogP contribution in [0.1, 0.15) is 63.0 Å². The minimum atomic E-state index is -1.19. The van der Waals surface area contributed by atoms with Crippen LogP contribution in [-0.4, -0.2) is 77.0 Å². The van der Waals surface area contributed by atoms with Crippen LogP contribution in [0.3, 0.4) is 0 Å². The number of aliphatic carboxylic acids is 1. The molecular weight excluding hydrogens is 526 g/mol. The molecule has 2 aromatic rings. The Morgan fingerprint density at radius 2 is 1.93 bits per heavy atom. The lowest BCUT2D eigenvalue weighted by molar-refractivity contribution is -0.147. The van der Waals surface area contributed by atoms with Gasteiger partial charge in [-0.05, 0) is 68.0 Å². The molecule has 10 nitrogen and oxygen atoms in total. The Bertz CT molecular complexity index is 1320. The molecule has 1 unspecified atom stereocenters. The number of carboxylic acid groups (broad SMARTS) is 1. The number of carbonyl (C=O) groups excluding carboxylic acids is 2. The van der Waals surface area contributed by atoms with Gasteiger partial charge in [-0.25, -0.2) is 9.78 Å². The number of esters is 1. The zero-order chi connectivity index (χ0) is 30.1. The Morgan fingerprint density at radius 1 is 1.22 bits per heavy atom. The number of aliphatic hydroxyl groups excluding tert-OH is 1. The van der Waals surface area contributed by atoms with Crippen LogP contribution in [0.25, 0.3) is 16.6 Å². The number of cyclic esters (lactones) is 1. The molecule has 1 aromatic heterocycles. The van der Waals surface area contributed by atoms with Crippen molar-refractivity contribution in [1.82, 2.24) is 9.88 Å². The Labute approximate surface area is 240 Å². The quantitative estimate of drug-likeness (QED) is 0.405. The van der Waals surface area contributed by atoms with E-state index in [1.165, 1.54) is 0 Å². The summed E-state index contributed by atoms with van der Waals surface area (Å²) in [6, 6.07) is 9.71. The molecule has 3 aliphatic heterocycles. The first-order valence-electron chi connectivity index (χ1n) is 14.1. The molecule has 0 fully saturated rings. The fourth-order valence-electron chi connectivity index (χ4n) is 4.76. The van der Waals surface area contributed by atoms with Crippen LogP contribution in [-0.2, 0) is 19.1 Å². The van der Waals surface area contributed by atoms with E-state index in [-0.39, 0.29) is 24.4 Å². The molecule has 1 amide bonds. The van der Waals surface area contributed by atoms with Crippen LogP contribution >= 0.6 is 0 Å². The lowest BCUT2D eigenvalue weighted by Crippen LogP contribution is -2.36. The van der Waals surface area contributed by atoms with Crippen LogP contribution in [0.4, 0.5) is 0 Å². The highest BCUT2D eigenvalue weighted by Gasteiger charge is 2.40. The van der Waals surface area contributed by atoms with E-state index in [0.29, 0.717) is 30.3 Å². The Morgan fingerprint density at radius 3 is 2.56 bits per heavy atom. The van der Waals surface area contributed by atoms with Gasteiger partial charge in [-0.3, -0.25) is 9.59 Å². The van der Waals surface area contributed by atoms with Crippen LogP contribution in [0, 0.1) is 11.8 Å². The van der Waals surface area contributed by atoms with Crippen molar-refractivity contribution in [2.75, 3.05) is 32.9 Å². The molecule has 3 aliphatic rings. The normalized spacial score (nSPS) is 17.9. The molecule has 0 saturated heterocycles. The van der Waals surface area contributed by atoms with Crippen LogP contribution in [0.5, 0.6) is 0 Å². The fraction of sp³-hybridized carbons (Fsp3) is 0.484. The summed E-state index contributed by atoms with van der Waals surface area (Å²) < 4.78 is 10.8. The van der Waals surface area contributed by atoms with Gasteiger partial charge in [0.05, 0.1) is 35.3 Å². The molecule has 4 N–H and O–H groups in total. The van der Waals surface area contributed by atoms with Crippen molar-refractivity contribution in [1.29, 1.82) is 0 Å². The summed E-state index contributed by atoms with van der Waals surface area (Å²) in [6.45, 7) is 10.0. The van der Waals surface area contributed by atoms with E-state index < -0.39 is 12.6 Å². The average molecular weight is 568 g/mol. The average Bonchev–Trinajstić information content (AvgIpc) is 3.21. The van der Waals surface area contributed by atoms with Gasteiger partial charge < -0.3 is 30.3 Å². The summed E-state index contributed by atoms with van der Waals surface area (Å²) in [5.74, 6) is -0.915. The monoisotopic (exact) mass is 567 g/mol. The number of rotatable bonds is 8. The maximum atomic E-state index is 12.9. The van der Waals surface area contributed by atoms with Crippen molar-refractivity contribution in [3.05, 3.63) is 58.8 Å². The zero-order valence-corrected chi connectivity index (χ0v) is 24.3. The summed E-state index contributed by atoms with van der Waals surface area (Å²) in [5.41, 5.74) is 10.4. The van der Waals surface area contributed by atoms with Crippen molar-refractivity contribution in [2.24, 2.45) is 17.6 Å². The number of aromatic nitrogens is 1. The fourth-order valence-corrected chi connectivity index (χ4v) is 4.76. The largest absolute Gasteiger partial charge is 0.480 e. The highest BCUT2D eigenvalue weighted by molar-refractivity contribution is 6.11. The number of para-hydroxylation sites is 1. The lowest BCUT2D eigenvalue weighted by Gasteiger charge is -2.32. The van der Waals surface area contributed by atoms with Crippen molar-refractivity contribution in [3.8, 4) is 0 Å². The summed E-state index contributed by atoms with van der Waals surface area (Å²) >= 11 is 0. The second kappa shape index (κ2) is 14.9. The van der Waals surface area contributed by atoms with Crippen LogP contribution in [0.15, 0.2) is 47.6 Å². The third-order valence-electron chi connectivity index (χ3n) is 7.05. The van der Waals surface area contributed by atoms with E-state index in [2.05, 4.69) is 20.8 Å². The molecule has 0 radical (unpaired) electrons. The van der Waals surface area contributed by atoms with Gasteiger partial charge in [0.1, 0.15) is 18.9 Å². The third kappa shape index (κ3) is 8.00.